The molecule has 0 aliphatic carbocycles. The van der Waals surface area contributed by atoms with E-state index in [-0.39, 0.29) is 5.41 Å². The van der Waals surface area contributed by atoms with E-state index >= 15 is 0 Å². The summed E-state index contributed by atoms with van der Waals surface area (Å²) < 4.78 is 0. The standard InChI is InChI=1S/C9H15N3/c1-4-9(2,3)7-5-11-8(10)12-6-7/h5-6H,4H2,1-3H3,(H2,10,11,12). The van der Waals surface area contributed by atoms with Crippen LogP contribution in [0.4, 0.5) is 5.95 Å². The molecular weight excluding hydrogens is 150 g/mol. The average molecular weight is 165 g/mol. The maximum atomic E-state index is 5.39. The van der Waals surface area contributed by atoms with E-state index in [0.717, 1.165) is 12.0 Å². The van der Waals surface area contributed by atoms with Gasteiger partial charge in [-0.15, -0.1) is 0 Å². The van der Waals surface area contributed by atoms with Crippen molar-refractivity contribution in [3.05, 3.63) is 18.0 Å². The Bertz CT molecular complexity index is 251. The molecule has 12 heavy (non-hydrogen) atoms. The molecule has 0 unspecified atom stereocenters. The maximum Gasteiger partial charge on any atom is 0.219 e. The van der Waals surface area contributed by atoms with Crippen LogP contribution in [0.15, 0.2) is 12.4 Å². The molecule has 0 amide bonds. The third-order valence-electron chi connectivity index (χ3n) is 2.34. The summed E-state index contributed by atoms with van der Waals surface area (Å²) in [5.41, 5.74) is 6.67. The number of nitrogens with zero attached hydrogens (tertiary/aromatic N) is 2. The zero-order valence-electron chi connectivity index (χ0n) is 7.83. The zero-order chi connectivity index (χ0) is 9.19. The Labute approximate surface area is 73.0 Å². The van der Waals surface area contributed by atoms with Crippen LogP contribution in [-0.4, -0.2) is 9.97 Å². The second kappa shape index (κ2) is 3.09. The third kappa shape index (κ3) is 1.72. The van der Waals surface area contributed by atoms with Gasteiger partial charge in [-0.05, 0) is 17.4 Å². The van der Waals surface area contributed by atoms with Crippen molar-refractivity contribution in [1.29, 1.82) is 0 Å². The summed E-state index contributed by atoms with van der Waals surface area (Å²) >= 11 is 0. The number of anilines is 1. The van der Waals surface area contributed by atoms with Crippen molar-refractivity contribution < 1.29 is 0 Å². The summed E-state index contributed by atoms with van der Waals surface area (Å²) in [4.78, 5) is 7.92. The highest BCUT2D eigenvalue weighted by Crippen LogP contribution is 2.24. The van der Waals surface area contributed by atoms with E-state index < -0.39 is 0 Å². The summed E-state index contributed by atoms with van der Waals surface area (Å²) in [5.74, 6) is 0.339. The van der Waals surface area contributed by atoms with Crippen LogP contribution in [0.1, 0.15) is 32.8 Å². The first-order chi connectivity index (χ1) is 5.56. The fourth-order valence-electron chi connectivity index (χ4n) is 0.892. The highest BCUT2D eigenvalue weighted by atomic mass is 15.0. The van der Waals surface area contributed by atoms with Gasteiger partial charge in [0.15, 0.2) is 0 Å². The maximum absolute atomic E-state index is 5.39. The molecular formula is C9H15N3. The molecule has 1 heterocycles. The van der Waals surface area contributed by atoms with Crippen molar-refractivity contribution in [3.63, 3.8) is 0 Å². The van der Waals surface area contributed by atoms with Gasteiger partial charge in [0, 0.05) is 12.4 Å². The fraction of sp³-hybridized carbons (Fsp3) is 0.556. The Balaban J connectivity index is 2.96. The average Bonchev–Trinajstić information content (AvgIpc) is 2.05. The number of nitrogens with two attached hydrogens (primary N) is 1. The first kappa shape index (κ1) is 8.97. The molecule has 0 aromatic carbocycles. The van der Waals surface area contributed by atoms with Crippen LogP contribution in [0, 0.1) is 0 Å². The Morgan fingerprint density at radius 1 is 1.33 bits per heavy atom. The van der Waals surface area contributed by atoms with Crippen LogP contribution in [0.3, 0.4) is 0 Å². The third-order valence-corrected chi connectivity index (χ3v) is 2.34. The molecule has 3 nitrogen and oxygen atoms in total. The SMILES string of the molecule is CCC(C)(C)c1cnc(N)nc1. The molecule has 0 fully saturated rings. The highest BCUT2D eigenvalue weighted by Gasteiger charge is 2.18. The van der Waals surface area contributed by atoms with Crippen LogP contribution in [0.2, 0.25) is 0 Å². The molecule has 2 N–H and O–H groups in total. The van der Waals surface area contributed by atoms with Gasteiger partial charge in [-0.2, -0.15) is 0 Å². The van der Waals surface area contributed by atoms with E-state index in [1.54, 1.807) is 12.4 Å². The summed E-state index contributed by atoms with van der Waals surface area (Å²) in [6.07, 6.45) is 4.66. The predicted octanol–water partition coefficient (Wildman–Crippen LogP) is 1.75. The van der Waals surface area contributed by atoms with Crippen molar-refractivity contribution in [1.82, 2.24) is 9.97 Å². The lowest BCUT2D eigenvalue weighted by Gasteiger charge is -2.21. The number of hydrogen-bond donors (Lipinski definition) is 1. The molecule has 1 aromatic rings. The van der Waals surface area contributed by atoms with Gasteiger partial charge in [0.25, 0.3) is 0 Å². The van der Waals surface area contributed by atoms with Crippen LogP contribution in [0.5, 0.6) is 0 Å². The normalized spacial score (nSPS) is 11.6. The van der Waals surface area contributed by atoms with Crippen molar-refractivity contribution in [2.75, 3.05) is 5.73 Å². The molecule has 0 radical (unpaired) electrons. The minimum atomic E-state index is 0.147. The minimum absolute atomic E-state index is 0.147. The molecule has 0 aliphatic rings. The van der Waals surface area contributed by atoms with Gasteiger partial charge in [-0.3, -0.25) is 0 Å². The van der Waals surface area contributed by atoms with E-state index in [9.17, 15) is 0 Å². The topological polar surface area (TPSA) is 51.8 Å². The van der Waals surface area contributed by atoms with Crippen LogP contribution in [-0.2, 0) is 5.41 Å². The van der Waals surface area contributed by atoms with Crippen LogP contribution in [0.25, 0.3) is 0 Å². The summed E-state index contributed by atoms with van der Waals surface area (Å²) in [7, 11) is 0. The Morgan fingerprint density at radius 3 is 2.25 bits per heavy atom. The number of nitrogen functional groups attached to an aromatic ring is 1. The van der Waals surface area contributed by atoms with Gasteiger partial charge in [0.05, 0.1) is 0 Å². The molecule has 1 aromatic heterocycles. The van der Waals surface area contributed by atoms with Gasteiger partial charge in [0.1, 0.15) is 0 Å². The van der Waals surface area contributed by atoms with Crippen LogP contribution >= 0.6 is 0 Å². The molecule has 0 bridgehead atoms. The molecule has 0 saturated heterocycles. The molecule has 3 heteroatoms. The van der Waals surface area contributed by atoms with E-state index in [1.165, 1.54) is 0 Å². The van der Waals surface area contributed by atoms with Crippen molar-refractivity contribution >= 4 is 5.95 Å². The zero-order valence-corrected chi connectivity index (χ0v) is 7.83. The first-order valence-electron chi connectivity index (χ1n) is 4.14. The predicted molar refractivity (Wildman–Crippen MR) is 49.8 cm³/mol. The quantitative estimate of drug-likeness (QED) is 0.726. The lowest BCUT2D eigenvalue weighted by Crippen LogP contribution is -2.16. The fourth-order valence-corrected chi connectivity index (χ4v) is 0.892. The molecule has 0 spiro atoms. The summed E-state index contributed by atoms with van der Waals surface area (Å²) in [6, 6.07) is 0. The molecule has 0 atom stereocenters. The molecule has 1 rings (SSSR count). The number of aromatic nitrogens is 2. The molecule has 66 valence electrons. The van der Waals surface area contributed by atoms with Crippen molar-refractivity contribution in [2.24, 2.45) is 0 Å². The van der Waals surface area contributed by atoms with E-state index in [4.69, 9.17) is 5.73 Å². The first-order valence-corrected chi connectivity index (χ1v) is 4.14. The summed E-state index contributed by atoms with van der Waals surface area (Å²) in [5, 5.41) is 0. The lowest BCUT2D eigenvalue weighted by molar-refractivity contribution is 0.502. The van der Waals surface area contributed by atoms with Gasteiger partial charge in [0.2, 0.25) is 5.95 Å². The molecule has 0 saturated carbocycles. The minimum Gasteiger partial charge on any atom is -0.368 e. The van der Waals surface area contributed by atoms with Crippen molar-refractivity contribution in [3.8, 4) is 0 Å². The second-order valence-corrected chi connectivity index (χ2v) is 3.57. The van der Waals surface area contributed by atoms with Gasteiger partial charge < -0.3 is 5.73 Å². The monoisotopic (exact) mass is 165 g/mol. The Kier molecular flexibility index (Phi) is 2.31. The van der Waals surface area contributed by atoms with Crippen LogP contribution < -0.4 is 5.73 Å². The largest absolute Gasteiger partial charge is 0.368 e. The van der Waals surface area contributed by atoms with E-state index in [0.29, 0.717) is 5.95 Å². The Hall–Kier alpha value is -1.12. The molecule has 0 aliphatic heterocycles. The lowest BCUT2D eigenvalue weighted by atomic mass is 9.84. The number of rotatable bonds is 2. The van der Waals surface area contributed by atoms with E-state index in [2.05, 4.69) is 30.7 Å². The summed E-state index contributed by atoms with van der Waals surface area (Å²) in [6.45, 7) is 6.49. The van der Waals surface area contributed by atoms with E-state index in [1.807, 2.05) is 0 Å². The van der Waals surface area contributed by atoms with Crippen molar-refractivity contribution in [2.45, 2.75) is 32.6 Å². The highest BCUT2D eigenvalue weighted by molar-refractivity contribution is 5.22. The second-order valence-electron chi connectivity index (χ2n) is 3.57. The Morgan fingerprint density at radius 2 is 1.83 bits per heavy atom. The van der Waals surface area contributed by atoms with Gasteiger partial charge >= 0.3 is 0 Å². The number of hydrogen-bond acceptors (Lipinski definition) is 3. The van der Waals surface area contributed by atoms with Gasteiger partial charge in [-0.25, -0.2) is 9.97 Å². The smallest absolute Gasteiger partial charge is 0.219 e. The van der Waals surface area contributed by atoms with Gasteiger partial charge in [-0.1, -0.05) is 20.8 Å².